The van der Waals surface area contributed by atoms with Crippen LogP contribution < -0.4 is 11.5 Å². The first-order valence-electron chi connectivity index (χ1n) is 3.12. The Morgan fingerprint density at radius 2 is 1.30 bits per heavy atom. The zero-order valence-corrected chi connectivity index (χ0v) is 5.69. The number of carbonyl (C=O) groups excluding carboxylic acids is 2. The minimum Gasteiger partial charge on any atom is -0.322 e. The molecule has 10 heavy (non-hydrogen) atoms. The quantitative estimate of drug-likeness (QED) is 0.475. The Morgan fingerprint density at radius 3 is 1.50 bits per heavy atom. The highest BCUT2D eigenvalue weighted by atomic mass is 16.1. The van der Waals surface area contributed by atoms with Gasteiger partial charge in [0, 0.05) is 0 Å². The summed E-state index contributed by atoms with van der Waals surface area (Å²) in [6.45, 7) is 0. The highest BCUT2D eigenvalue weighted by molar-refractivity contribution is 5.58. The van der Waals surface area contributed by atoms with E-state index in [9.17, 15) is 9.59 Å². The van der Waals surface area contributed by atoms with Crippen molar-refractivity contribution in [1.82, 2.24) is 0 Å². The Labute approximate surface area is 59.6 Å². The third kappa shape index (κ3) is 4.17. The van der Waals surface area contributed by atoms with Crippen molar-refractivity contribution >= 4 is 12.6 Å². The number of rotatable bonds is 5. The molecule has 58 valence electrons. The van der Waals surface area contributed by atoms with Crippen LogP contribution in [-0.2, 0) is 9.59 Å². The first-order chi connectivity index (χ1) is 4.70. The maximum Gasteiger partial charge on any atom is 0.136 e. The molecule has 0 fully saturated rings. The van der Waals surface area contributed by atoms with Gasteiger partial charge >= 0.3 is 0 Å². The van der Waals surface area contributed by atoms with E-state index in [0.29, 0.717) is 25.4 Å². The third-order valence-electron chi connectivity index (χ3n) is 1.18. The predicted molar refractivity (Wildman–Crippen MR) is 37.3 cm³/mol. The molecule has 0 aliphatic carbocycles. The molecule has 0 aromatic heterocycles. The fourth-order valence-corrected chi connectivity index (χ4v) is 0.521. The highest BCUT2D eigenvalue weighted by Gasteiger charge is 2.03. The minimum absolute atomic E-state index is 0.476. The zero-order valence-electron chi connectivity index (χ0n) is 5.69. The second-order valence-corrected chi connectivity index (χ2v) is 2.18. The molecule has 0 spiro atoms. The molecular weight excluding hydrogens is 132 g/mol. The molecule has 0 rings (SSSR count). The van der Waals surface area contributed by atoms with Gasteiger partial charge in [0.2, 0.25) is 0 Å². The molecule has 0 radical (unpaired) electrons. The molecule has 2 unspecified atom stereocenters. The summed E-state index contributed by atoms with van der Waals surface area (Å²) in [6.07, 6.45) is 2.25. The van der Waals surface area contributed by atoms with Crippen LogP contribution in [0.1, 0.15) is 12.8 Å². The van der Waals surface area contributed by atoms with Crippen LogP contribution in [-0.4, -0.2) is 24.7 Å². The van der Waals surface area contributed by atoms with E-state index in [1.54, 1.807) is 0 Å². The zero-order chi connectivity index (χ0) is 7.98. The Morgan fingerprint density at radius 1 is 1.00 bits per heavy atom. The van der Waals surface area contributed by atoms with Crippen LogP contribution in [0.2, 0.25) is 0 Å². The molecule has 0 amide bonds. The summed E-state index contributed by atoms with van der Waals surface area (Å²) in [5.74, 6) is 0. The van der Waals surface area contributed by atoms with Crippen LogP contribution in [0, 0.1) is 0 Å². The van der Waals surface area contributed by atoms with Crippen molar-refractivity contribution in [3.8, 4) is 0 Å². The lowest BCUT2D eigenvalue weighted by Gasteiger charge is -2.04. The van der Waals surface area contributed by atoms with Gasteiger partial charge in [-0.25, -0.2) is 0 Å². The molecule has 0 heterocycles. The second kappa shape index (κ2) is 5.08. The van der Waals surface area contributed by atoms with Crippen LogP contribution in [0.5, 0.6) is 0 Å². The SMILES string of the molecule is NC(C=O)CCC(N)C=O. The van der Waals surface area contributed by atoms with Gasteiger partial charge in [0.15, 0.2) is 0 Å². The molecule has 0 saturated carbocycles. The summed E-state index contributed by atoms with van der Waals surface area (Å²) in [7, 11) is 0. The number of nitrogens with two attached hydrogens (primary N) is 2. The summed E-state index contributed by atoms with van der Waals surface area (Å²) in [5.41, 5.74) is 10.5. The third-order valence-corrected chi connectivity index (χ3v) is 1.18. The van der Waals surface area contributed by atoms with Crippen LogP contribution in [0.25, 0.3) is 0 Å². The van der Waals surface area contributed by atoms with Gasteiger partial charge in [-0.1, -0.05) is 0 Å². The average molecular weight is 144 g/mol. The Balaban J connectivity index is 3.34. The summed E-state index contributed by atoms with van der Waals surface area (Å²) in [5, 5.41) is 0. The van der Waals surface area contributed by atoms with Crippen LogP contribution in [0.4, 0.5) is 0 Å². The molecule has 0 bridgehead atoms. The molecule has 4 N–H and O–H groups in total. The highest BCUT2D eigenvalue weighted by Crippen LogP contribution is 1.93. The van der Waals surface area contributed by atoms with Crippen molar-refractivity contribution in [3.05, 3.63) is 0 Å². The van der Waals surface area contributed by atoms with E-state index < -0.39 is 12.1 Å². The Hall–Kier alpha value is -0.740. The van der Waals surface area contributed by atoms with Crippen molar-refractivity contribution < 1.29 is 9.59 Å². The molecule has 0 saturated heterocycles. The van der Waals surface area contributed by atoms with Crippen LogP contribution >= 0.6 is 0 Å². The van der Waals surface area contributed by atoms with E-state index in [2.05, 4.69) is 0 Å². The van der Waals surface area contributed by atoms with E-state index in [1.165, 1.54) is 0 Å². The number of aldehydes is 2. The van der Waals surface area contributed by atoms with Crippen LogP contribution in [0.15, 0.2) is 0 Å². The van der Waals surface area contributed by atoms with Crippen molar-refractivity contribution in [3.63, 3.8) is 0 Å². The van der Waals surface area contributed by atoms with Gasteiger partial charge in [-0.2, -0.15) is 0 Å². The molecule has 2 atom stereocenters. The van der Waals surface area contributed by atoms with Gasteiger partial charge in [0.25, 0.3) is 0 Å². The van der Waals surface area contributed by atoms with E-state index in [-0.39, 0.29) is 0 Å². The van der Waals surface area contributed by atoms with Gasteiger partial charge in [-0.3, -0.25) is 0 Å². The van der Waals surface area contributed by atoms with E-state index in [4.69, 9.17) is 11.5 Å². The molecule has 0 aliphatic rings. The lowest BCUT2D eigenvalue weighted by Crippen LogP contribution is -2.27. The first kappa shape index (κ1) is 9.26. The molecular formula is C6H12N2O2. The van der Waals surface area contributed by atoms with Crippen molar-refractivity contribution in [2.24, 2.45) is 11.5 Å². The van der Waals surface area contributed by atoms with E-state index in [1.807, 2.05) is 0 Å². The Kier molecular flexibility index (Phi) is 4.70. The standard InChI is InChI=1S/C6H12N2O2/c7-5(3-9)1-2-6(8)4-10/h3-6H,1-2,7-8H2. The smallest absolute Gasteiger partial charge is 0.136 e. The summed E-state index contributed by atoms with van der Waals surface area (Å²) < 4.78 is 0. The topological polar surface area (TPSA) is 86.2 Å². The maximum absolute atomic E-state index is 9.95. The molecule has 4 heteroatoms. The van der Waals surface area contributed by atoms with Gasteiger partial charge in [0.05, 0.1) is 12.1 Å². The summed E-state index contributed by atoms with van der Waals surface area (Å²) in [6, 6.07) is -0.961. The van der Waals surface area contributed by atoms with E-state index in [0.717, 1.165) is 0 Å². The number of hydrogen-bond donors (Lipinski definition) is 2. The fraction of sp³-hybridized carbons (Fsp3) is 0.667. The van der Waals surface area contributed by atoms with Crippen LogP contribution in [0.3, 0.4) is 0 Å². The summed E-state index contributed by atoms with van der Waals surface area (Å²) in [4.78, 5) is 19.9. The lowest BCUT2D eigenvalue weighted by atomic mass is 10.1. The van der Waals surface area contributed by atoms with Crippen molar-refractivity contribution in [2.75, 3.05) is 0 Å². The summed E-state index contributed by atoms with van der Waals surface area (Å²) >= 11 is 0. The lowest BCUT2D eigenvalue weighted by molar-refractivity contribution is -0.110. The predicted octanol–water partition coefficient (Wildman–Crippen LogP) is -1.18. The Bertz CT molecular complexity index is 102. The van der Waals surface area contributed by atoms with Gasteiger partial charge in [-0.05, 0) is 12.8 Å². The monoisotopic (exact) mass is 144 g/mol. The largest absolute Gasteiger partial charge is 0.322 e. The number of hydrogen-bond acceptors (Lipinski definition) is 4. The maximum atomic E-state index is 9.95. The van der Waals surface area contributed by atoms with Crippen molar-refractivity contribution in [2.45, 2.75) is 24.9 Å². The molecule has 0 aliphatic heterocycles. The number of carbonyl (C=O) groups is 2. The fourth-order valence-electron chi connectivity index (χ4n) is 0.521. The van der Waals surface area contributed by atoms with Gasteiger partial charge in [0.1, 0.15) is 12.6 Å². The van der Waals surface area contributed by atoms with Gasteiger partial charge < -0.3 is 21.1 Å². The molecule has 0 aromatic rings. The second-order valence-electron chi connectivity index (χ2n) is 2.18. The van der Waals surface area contributed by atoms with Crippen molar-refractivity contribution in [1.29, 1.82) is 0 Å². The van der Waals surface area contributed by atoms with E-state index >= 15 is 0 Å². The average Bonchev–Trinajstić information content (AvgIpc) is 1.99. The molecule has 0 aromatic carbocycles. The first-order valence-corrected chi connectivity index (χ1v) is 3.12. The minimum atomic E-state index is -0.481. The van der Waals surface area contributed by atoms with Gasteiger partial charge in [-0.15, -0.1) is 0 Å². The molecule has 4 nitrogen and oxygen atoms in total. The normalized spacial score (nSPS) is 15.8.